The predicted molar refractivity (Wildman–Crippen MR) is 81.2 cm³/mol. The van der Waals surface area contributed by atoms with E-state index in [1.807, 2.05) is 11.3 Å². The maximum absolute atomic E-state index is 3.90. The van der Waals surface area contributed by atoms with Crippen molar-refractivity contribution in [2.24, 2.45) is 0 Å². The van der Waals surface area contributed by atoms with Gasteiger partial charge in [-0.3, -0.25) is 0 Å². The number of nitrogens with one attached hydrogen (secondary N) is 1. The summed E-state index contributed by atoms with van der Waals surface area (Å²) >= 11 is 7.67. The molecule has 4 heteroatoms. The summed E-state index contributed by atoms with van der Waals surface area (Å²) in [5, 5.41) is 3.90. The third-order valence-corrected chi connectivity index (χ3v) is 6.50. The first-order valence-corrected chi connectivity index (χ1v) is 9.21. The number of halogens is 1. The van der Waals surface area contributed by atoms with Crippen molar-refractivity contribution in [1.29, 1.82) is 0 Å². The molecule has 0 aromatic carbocycles. The molecule has 1 unspecified atom stereocenters. The van der Waals surface area contributed by atoms with E-state index in [2.05, 4.69) is 39.1 Å². The topological polar surface area (TPSA) is 12.0 Å². The Labute approximate surface area is 120 Å². The van der Waals surface area contributed by atoms with Crippen molar-refractivity contribution in [1.82, 2.24) is 5.32 Å². The highest BCUT2D eigenvalue weighted by molar-refractivity contribution is 9.11. The Balaban J connectivity index is 1.71. The summed E-state index contributed by atoms with van der Waals surface area (Å²) in [6.45, 7) is 0. The maximum Gasteiger partial charge on any atom is 0.0704 e. The predicted octanol–water partition coefficient (Wildman–Crippen LogP) is 4.37. The first-order chi connectivity index (χ1) is 8.33. The first-order valence-electron chi connectivity index (χ1n) is 6.45. The summed E-state index contributed by atoms with van der Waals surface area (Å²) in [6, 6.07) is 3.72. The Bertz CT molecular complexity index is 385. The zero-order valence-electron chi connectivity index (χ0n) is 9.88. The Morgan fingerprint density at radius 2 is 2.06 bits per heavy atom. The fraction of sp³-hybridized carbons (Fsp3) is 0.692. The van der Waals surface area contributed by atoms with Crippen LogP contribution in [0.5, 0.6) is 0 Å². The van der Waals surface area contributed by atoms with Crippen molar-refractivity contribution in [3.63, 3.8) is 0 Å². The summed E-state index contributed by atoms with van der Waals surface area (Å²) < 4.78 is 1.30. The second kappa shape index (κ2) is 5.64. The molecule has 0 radical (unpaired) electrons. The van der Waals surface area contributed by atoms with Crippen molar-refractivity contribution >= 4 is 39.0 Å². The standard InChI is InChI=1S/C13H18BrNS2/c14-13-8-10-11(2-1-3-12(10)17-13)15-9-4-6-16-7-5-9/h8-9,11,15H,1-7H2. The van der Waals surface area contributed by atoms with Crippen LogP contribution in [0, 0.1) is 0 Å². The monoisotopic (exact) mass is 331 g/mol. The van der Waals surface area contributed by atoms with E-state index in [0.717, 1.165) is 6.04 Å². The van der Waals surface area contributed by atoms with E-state index in [-0.39, 0.29) is 0 Å². The van der Waals surface area contributed by atoms with Crippen molar-refractivity contribution in [3.05, 3.63) is 20.3 Å². The molecule has 1 atom stereocenters. The molecule has 1 nitrogen and oxygen atoms in total. The molecular formula is C13H18BrNS2. The van der Waals surface area contributed by atoms with Crippen LogP contribution in [-0.4, -0.2) is 17.5 Å². The van der Waals surface area contributed by atoms with Crippen LogP contribution in [0.4, 0.5) is 0 Å². The van der Waals surface area contributed by atoms with Gasteiger partial charge in [-0.2, -0.15) is 11.8 Å². The molecule has 1 aliphatic carbocycles. The molecule has 3 rings (SSSR count). The highest BCUT2D eigenvalue weighted by Crippen LogP contribution is 2.38. The van der Waals surface area contributed by atoms with E-state index in [0.29, 0.717) is 6.04 Å². The van der Waals surface area contributed by atoms with Crippen molar-refractivity contribution in [3.8, 4) is 0 Å². The van der Waals surface area contributed by atoms with Gasteiger partial charge in [-0.25, -0.2) is 0 Å². The molecule has 17 heavy (non-hydrogen) atoms. The van der Waals surface area contributed by atoms with Gasteiger partial charge in [0.25, 0.3) is 0 Å². The van der Waals surface area contributed by atoms with Gasteiger partial charge in [-0.15, -0.1) is 11.3 Å². The molecule has 0 bridgehead atoms. The maximum atomic E-state index is 3.90. The largest absolute Gasteiger partial charge is 0.307 e. The van der Waals surface area contributed by atoms with E-state index in [1.54, 1.807) is 10.4 Å². The van der Waals surface area contributed by atoms with Gasteiger partial charge in [0.15, 0.2) is 0 Å². The van der Waals surface area contributed by atoms with Crippen LogP contribution in [0.2, 0.25) is 0 Å². The summed E-state index contributed by atoms with van der Waals surface area (Å²) in [5.74, 6) is 2.68. The van der Waals surface area contributed by atoms with Crippen molar-refractivity contribution in [2.45, 2.75) is 44.2 Å². The summed E-state index contributed by atoms with van der Waals surface area (Å²) in [4.78, 5) is 1.60. The Morgan fingerprint density at radius 3 is 2.88 bits per heavy atom. The summed E-state index contributed by atoms with van der Waals surface area (Å²) in [7, 11) is 0. The minimum atomic E-state index is 0.620. The molecule has 1 N–H and O–H groups in total. The minimum absolute atomic E-state index is 0.620. The number of rotatable bonds is 2. The van der Waals surface area contributed by atoms with E-state index >= 15 is 0 Å². The molecule has 1 aromatic heterocycles. The molecule has 2 heterocycles. The van der Waals surface area contributed by atoms with Gasteiger partial charge < -0.3 is 5.32 Å². The van der Waals surface area contributed by atoms with Crippen molar-refractivity contribution in [2.75, 3.05) is 11.5 Å². The van der Waals surface area contributed by atoms with Crippen LogP contribution < -0.4 is 5.32 Å². The molecule has 1 fully saturated rings. The zero-order chi connectivity index (χ0) is 11.7. The number of hydrogen-bond acceptors (Lipinski definition) is 3. The molecule has 1 saturated heterocycles. The van der Waals surface area contributed by atoms with Crippen LogP contribution in [0.25, 0.3) is 0 Å². The van der Waals surface area contributed by atoms with E-state index < -0.39 is 0 Å². The Morgan fingerprint density at radius 1 is 1.24 bits per heavy atom. The van der Waals surface area contributed by atoms with Crippen LogP contribution in [0.15, 0.2) is 9.85 Å². The molecule has 1 aliphatic heterocycles. The molecule has 0 spiro atoms. The van der Waals surface area contributed by atoms with Gasteiger partial charge in [0, 0.05) is 17.0 Å². The van der Waals surface area contributed by atoms with E-state index in [9.17, 15) is 0 Å². The summed E-state index contributed by atoms with van der Waals surface area (Å²) in [6.07, 6.45) is 6.65. The third-order valence-electron chi connectivity index (χ3n) is 3.74. The van der Waals surface area contributed by atoms with Crippen LogP contribution in [0.3, 0.4) is 0 Å². The highest BCUT2D eigenvalue weighted by atomic mass is 79.9. The van der Waals surface area contributed by atoms with Crippen LogP contribution in [0.1, 0.15) is 42.2 Å². The lowest BCUT2D eigenvalue weighted by atomic mass is 9.93. The van der Waals surface area contributed by atoms with Gasteiger partial charge >= 0.3 is 0 Å². The van der Waals surface area contributed by atoms with Crippen molar-refractivity contribution < 1.29 is 0 Å². The van der Waals surface area contributed by atoms with Gasteiger partial charge in [0.05, 0.1) is 3.79 Å². The summed E-state index contributed by atoms with van der Waals surface area (Å²) in [5.41, 5.74) is 1.58. The lowest BCUT2D eigenvalue weighted by Crippen LogP contribution is -2.36. The fourth-order valence-corrected chi connectivity index (χ4v) is 5.77. The zero-order valence-corrected chi connectivity index (χ0v) is 13.1. The Hall–Kier alpha value is 0.490. The molecular weight excluding hydrogens is 314 g/mol. The average Bonchev–Trinajstić information content (AvgIpc) is 2.72. The van der Waals surface area contributed by atoms with E-state index in [1.165, 1.54) is 47.4 Å². The molecule has 94 valence electrons. The van der Waals surface area contributed by atoms with Gasteiger partial charge in [0.1, 0.15) is 0 Å². The van der Waals surface area contributed by atoms with Crippen LogP contribution >= 0.6 is 39.0 Å². The van der Waals surface area contributed by atoms with Gasteiger partial charge in [0.2, 0.25) is 0 Å². The second-order valence-corrected chi connectivity index (χ2v) is 8.67. The van der Waals surface area contributed by atoms with Crippen LogP contribution in [-0.2, 0) is 6.42 Å². The minimum Gasteiger partial charge on any atom is -0.307 e. The lowest BCUT2D eigenvalue weighted by molar-refractivity contribution is 0.380. The molecule has 0 saturated carbocycles. The normalized spacial score (nSPS) is 25.8. The number of thiophene rings is 1. The Kier molecular flexibility index (Phi) is 4.15. The first kappa shape index (κ1) is 12.5. The van der Waals surface area contributed by atoms with Gasteiger partial charge in [-0.1, -0.05) is 0 Å². The number of aryl methyl sites for hydroxylation is 1. The second-order valence-electron chi connectivity index (χ2n) is 4.93. The fourth-order valence-electron chi connectivity index (χ4n) is 2.84. The quantitative estimate of drug-likeness (QED) is 0.863. The number of thioether (sulfide) groups is 1. The lowest BCUT2D eigenvalue weighted by Gasteiger charge is -2.30. The SMILES string of the molecule is Brc1cc2c(s1)CCCC2NC1CCSCC1. The highest BCUT2D eigenvalue weighted by Gasteiger charge is 2.25. The van der Waals surface area contributed by atoms with Gasteiger partial charge in [-0.05, 0) is 71.2 Å². The van der Waals surface area contributed by atoms with E-state index in [4.69, 9.17) is 0 Å². The number of hydrogen-bond donors (Lipinski definition) is 1. The molecule has 2 aliphatic rings. The molecule has 0 amide bonds. The smallest absolute Gasteiger partial charge is 0.0704 e. The molecule has 1 aromatic rings. The number of fused-ring (bicyclic) bond motifs is 1. The average molecular weight is 332 g/mol. The third kappa shape index (κ3) is 2.91.